The minimum Gasteiger partial charge on any atom is -0.329 e. The van der Waals surface area contributed by atoms with E-state index in [4.69, 9.17) is 17.3 Å². The fourth-order valence-electron chi connectivity index (χ4n) is 2.71. The van der Waals surface area contributed by atoms with Crippen molar-refractivity contribution in [1.82, 2.24) is 9.80 Å². The molecule has 0 radical (unpaired) electrons. The molecule has 0 amide bonds. The van der Waals surface area contributed by atoms with Crippen LogP contribution in [0.5, 0.6) is 0 Å². The molecular weight excluding hydrogens is 258 g/mol. The second-order valence-electron chi connectivity index (χ2n) is 5.76. The average Bonchev–Trinajstić information content (AvgIpc) is 2.42. The van der Waals surface area contributed by atoms with E-state index in [0.717, 1.165) is 37.6 Å². The fourth-order valence-corrected chi connectivity index (χ4v) is 2.91. The molecule has 19 heavy (non-hydrogen) atoms. The summed E-state index contributed by atoms with van der Waals surface area (Å²) < 4.78 is 0. The summed E-state index contributed by atoms with van der Waals surface area (Å²) in [5, 5.41) is 0.844. The van der Waals surface area contributed by atoms with Crippen LogP contribution >= 0.6 is 11.6 Å². The lowest BCUT2D eigenvalue weighted by Crippen LogP contribution is -2.59. The molecule has 2 N–H and O–H groups in total. The van der Waals surface area contributed by atoms with E-state index in [0.29, 0.717) is 6.54 Å². The fraction of sp³-hybridized carbons (Fsp3) is 0.600. The molecule has 0 saturated carbocycles. The highest BCUT2D eigenvalue weighted by atomic mass is 35.5. The number of piperazine rings is 1. The highest BCUT2D eigenvalue weighted by molar-refractivity contribution is 6.31. The van der Waals surface area contributed by atoms with E-state index in [1.54, 1.807) is 0 Å². The smallest absolute Gasteiger partial charge is 0.0438 e. The molecule has 4 heteroatoms. The summed E-state index contributed by atoms with van der Waals surface area (Å²) in [7, 11) is 2.17. The molecule has 1 aromatic carbocycles. The number of rotatable bonds is 4. The summed E-state index contributed by atoms with van der Waals surface area (Å²) in [6, 6.07) is 8.08. The van der Waals surface area contributed by atoms with Crippen molar-refractivity contribution in [3.8, 4) is 0 Å². The topological polar surface area (TPSA) is 32.5 Å². The first kappa shape index (κ1) is 14.8. The maximum absolute atomic E-state index is 6.28. The molecule has 1 aliphatic rings. The number of halogens is 1. The molecule has 1 aromatic rings. The zero-order valence-electron chi connectivity index (χ0n) is 11.9. The standard InChI is InChI=1S/C15H24ClN3/c1-15(12-17,19-9-7-18(2)8-10-19)11-13-5-3-4-6-14(13)16/h3-6H,7-12,17H2,1-2H3. The van der Waals surface area contributed by atoms with Crippen LogP contribution in [0.1, 0.15) is 12.5 Å². The number of hydrogen-bond donors (Lipinski definition) is 1. The second kappa shape index (κ2) is 6.23. The zero-order chi connectivity index (χ0) is 13.9. The number of likely N-dealkylation sites (N-methyl/N-ethyl adjacent to an activating group) is 1. The molecule has 1 heterocycles. The van der Waals surface area contributed by atoms with Crippen molar-refractivity contribution in [3.05, 3.63) is 34.9 Å². The van der Waals surface area contributed by atoms with E-state index in [1.807, 2.05) is 18.2 Å². The average molecular weight is 282 g/mol. The Bertz CT molecular complexity index is 416. The van der Waals surface area contributed by atoms with Crippen molar-refractivity contribution in [3.63, 3.8) is 0 Å². The zero-order valence-corrected chi connectivity index (χ0v) is 12.7. The van der Waals surface area contributed by atoms with Gasteiger partial charge >= 0.3 is 0 Å². The Morgan fingerprint density at radius 2 is 1.84 bits per heavy atom. The van der Waals surface area contributed by atoms with E-state index >= 15 is 0 Å². The number of nitrogens with zero attached hydrogens (tertiary/aromatic N) is 2. The van der Waals surface area contributed by atoms with Crippen LogP contribution in [0.4, 0.5) is 0 Å². The van der Waals surface area contributed by atoms with Crippen molar-refractivity contribution < 1.29 is 0 Å². The van der Waals surface area contributed by atoms with Crippen LogP contribution in [0.15, 0.2) is 24.3 Å². The Labute approximate surface area is 121 Å². The third-order valence-electron chi connectivity index (χ3n) is 4.24. The van der Waals surface area contributed by atoms with Crippen LogP contribution < -0.4 is 5.73 Å². The SMILES string of the molecule is CN1CCN(C(C)(CN)Cc2ccccc2Cl)CC1. The lowest BCUT2D eigenvalue weighted by Gasteiger charge is -2.45. The molecule has 1 aliphatic heterocycles. The molecule has 1 atom stereocenters. The van der Waals surface area contributed by atoms with Gasteiger partial charge in [-0.25, -0.2) is 0 Å². The van der Waals surface area contributed by atoms with Crippen LogP contribution in [0.2, 0.25) is 5.02 Å². The van der Waals surface area contributed by atoms with E-state index in [-0.39, 0.29) is 5.54 Å². The summed E-state index contributed by atoms with van der Waals surface area (Å²) in [6.45, 7) is 7.28. The first-order valence-electron chi connectivity index (χ1n) is 6.92. The quantitative estimate of drug-likeness (QED) is 0.914. The summed E-state index contributed by atoms with van der Waals surface area (Å²) in [5.74, 6) is 0. The number of benzene rings is 1. The predicted molar refractivity (Wildman–Crippen MR) is 81.7 cm³/mol. The van der Waals surface area contributed by atoms with E-state index in [1.165, 1.54) is 5.56 Å². The van der Waals surface area contributed by atoms with Gasteiger partial charge in [0, 0.05) is 43.3 Å². The van der Waals surface area contributed by atoms with Crippen LogP contribution in [0.25, 0.3) is 0 Å². The third kappa shape index (κ3) is 3.48. The maximum atomic E-state index is 6.28. The second-order valence-corrected chi connectivity index (χ2v) is 6.17. The van der Waals surface area contributed by atoms with Crippen molar-refractivity contribution in [1.29, 1.82) is 0 Å². The first-order chi connectivity index (χ1) is 9.05. The van der Waals surface area contributed by atoms with Crippen LogP contribution in [0, 0.1) is 0 Å². The largest absolute Gasteiger partial charge is 0.329 e. The molecule has 1 fully saturated rings. The normalized spacial score (nSPS) is 21.3. The third-order valence-corrected chi connectivity index (χ3v) is 4.60. The van der Waals surface area contributed by atoms with Gasteiger partial charge in [0.05, 0.1) is 0 Å². The highest BCUT2D eigenvalue weighted by Gasteiger charge is 2.32. The highest BCUT2D eigenvalue weighted by Crippen LogP contribution is 2.25. The Balaban J connectivity index is 2.12. The molecule has 2 rings (SSSR count). The summed E-state index contributed by atoms with van der Waals surface area (Å²) >= 11 is 6.28. The molecule has 0 aromatic heterocycles. The van der Waals surface area contributed by atoms with Gasteiger partial charge in [0.1, 0.15) is 0 Å². The van der Waals surface area contributed by atoms with E-state index in [9.17, 15) is 0 Å². The molecule has 1 unspecified atom stereocenters. The monoisotopic (exact) mass is 281 g/mol. The van der Waals surface area contributed by atoms with Gasteiger partial charge in [0.25, 0.3) is 0 Å². The lowest BCUT2D eigenvalue weighted by molar-refractivity contribution is 0.0560. The van der Waals surface area contributed by atoms with Gasteiger partial charge in [0.2, 0.25) is 0 Å². The molecule has 0 spiro atoms. The molecular formula is C15H24ClN3. The minimum absolute atomic E-state index is 0.00769. The van der Waals surface area contributed by atoms with Crippen molar-refractivity contribution in [2.45, 2.75) is 18.9 Å². The predicted octanol–water partition coefficient (Wildman–Crippen LogP) is 1.85. The van der Waals surface area contributed by atoms with Gasteiger partial charge in [-0.15, -0.1) is 0 Å². The van der Waals surface area contributed by atoms with Crippen molar-refractivity contribution in [2.24, 2.45) is 5.73 Å². The van der Waals surface area contributed by atoms with Gasteiger partial charge in [0.15, 0.2) is 0 Å². The lowest BCUT2D eigenvalue weighted by atomic mass is 9.90. The Kier molecular flexibility index (Phi) is 4.85. The van der Waals surface area contributed by atoms with Gasteiger partial charge in [-0.3, -0.25) is 4.90 Å². The van der Waals surface area contributed by atoms with E-state index < -0.39 is 0 Å². The molecule has 3 nitrogen and oxygen atoms in total. The van der Waals surface area contributed by atoms with Crippen LogP contribution in [-0.4, -0.2) is 55.1 Å². The Morgan fingerprint density at radius 1 is 1.21 bits per heavy atom. The molecule has 106 valence electrons. The number of hydrogen-bond acceptors (Lipinski definition) is 3. The number of nitrogens with two attached hydrogens (primary N) is 1. The van der Waals surface area contributed by atoms with Crippen LogP contribution in [-0.2, 0) is 6.42 Å². The van der Waals surface area contributed by atoms with Crippen LogP contribution in [0.3, 0.4) is 0 Å². The Hall–Kier alpha value is -0.610. The van der Waals surface area contributed by atoms with Gasteiger partial charge in [-0.2, -0.15) is 0 Å². The molecule has 1 saturated heterocycles. The summed E-state index contributed by atoms with van der Waals surface area (Å²) in [4.78, 5) is 4.87. The van der Waals surface area contributed by atoms with Gasteiger partial charge in [-0.05, 0) is 32.0 Å². The van der Waals surface area contributed by atoms with Crippen molar-refractivity contribution >= 4 is 11.6 Å². The minimum atomic E-state index is -0.00769. The van der Waals surface area contributed by atoms with Gasteiger partial charge in [-0.1, -0.05) is 29.8 Å². The molecule has 0 bridgehead atoms. The first-order valence-corrected chi connectivity index (χ1v) is 7.30. The van der Waals surface area contributed by atoms with Crippen molar-refractivity contribution in [2.75, 3.05) is 39.8 Å². The van der Waals surface area contributed by atoms with E-state index in [2.05, 4.69) is 29.8 Å². The summed E-state index contributed by atoms with van der Waals surface area (Å²) in [6.07, 6.45) is 0.910. The summed E-state index contributed by atoms with van der Waals surface area (Å²) in [5.41, 5.74) is 7.26. The maximum Gasteiger partial charge on any atom is 0.0438 e. The molecule has 0 aliphatic carbocycles. The Morgan fingerprint density at radius 3 is 2.42 bits per heavy atom. The van der Waals surface area contributed by atoms with Gasteiger partial charge < -0.3 is 10.6 Å².